The van der Waals surface area contributed by atoms with Crippen LogP contribution >= 0.6 is 35.6 Å². The van der Waals surface area contributed by atoms with Gasteiger partial charge in [0, 0.05) is 23.7 Å². The Morgan fingerprint density at radius 3 is 2.61 bits per heavy atom. The average Bonchev–Trinajstić information content (AvgIpc) is 3.31. The van der Waals surface area contributed by atoms with Crippen LogP contribution in [0.3, 0.4) is 0 Å². The number of hydrogen-bond acceptors (Lipinski definition) is 6. The second kappa shape index (κ2) is 10.4. The largest absolute Gasteiger partial charge is 0.359 e. The molecule has 0 amide bonds. The third kappa shape index (κ3) is 5.93. The molecule has 2 N–H and O–H groups in total. The van der Waals surface area contributed by atoms with Gasteiger partial charge in [-0.2, -0.15) is 4.98 Å². The first-order valence-electron chi connectivity index (χ1n) is 8.53. The second-order valence-corrected chi connectivity index (χ2v) is 6.61. The number of nitrogens with zero attached hydrogens (tertiary/aromatic N) is 4. The monoisotopic (exact) mass is 516 g/mol. The molecule has 0 radical (unpaired) electrons. The van der Waals surface area contributed by atoms with Crippen molar-refractivity contribution >= 4 is 41.5 Å². The number of guanidine groups is 1. The Hall–Kier alpha value is -2.14. The summed E-state index contributed by atoms with van der Waals surface area (Å²) in [5, 5.41) is 14.9. The summed E-state index contributed by atoms with van der Waals surface area (Å²) in [6.45, 7) is 4.94. The molecule has 2 aromatic heterocycles. The van der Waals surface area contributed by atoms with Crippen molar-refractivity contribution in [2.75, 3.05) is 7.05 Å². The van der Waals surface area contributed by atoms with E-state index in [4.69, 9.17) is 20.6 Å². The molecule has 0 atom stereocenters. The molecule has 1 aromatic carbocycles. The minimum atomic E-state index is 0. The normalized spacial score (nSPS) is 11.4. The van der Waals surface area contributed by atoms with Crippen molar-refractivity contribution in [2.24, 2.45) is 4.99 Å². The molecule has 3 aromatic rings. The first-order valence-corrected chi connectivity index (χ1v) is 8.91. The molecule has 0 aliphatic carbocycles. The summed E-state index contributed by atoms with van der Waals surface area (Å²) in [4.78, 5) is 8.52. The lowest BCUT2D eigenvalue weighted by Crippen LogP contribution is -2.36. The van der Waals surface area contributed by atoms with Crippen LogP contribution in [0.25, 0.3) is 11.4 Å². The maximum absolute atomic E-state index is 5.99. The Bertz CT molecular complexity index is 924. The molecule has 0 aliphatic rings. The van der Waals surface area contributed by atoms with E-state index in [9.17, 15) is 0 Å². The van der Waals surface area contributed by atoms with Gasteiger partial charge >= 0.3 is 0 Å². The van der Waals surface area contributed by atoms with Crippen LogP contribution < -0.4 is 10.6 Å². The van der Waals surface area contributed by atoms with E-state index in [-0.39, 0.29) is 24.0 Å². The fourth-order valence-corrected chi connectivity index (χ4v) is 2.50. The van der Waals surface area contributed by atoms with Gasteiger partial charge in [0.25, 0.3) is 0 Å². The number of nitrogens with one attached hydrogen (secondary N) is 2. The van der Waals surface area contributed by atoms with Crippen LogP contribution in [0.5, 0.6) is 0 Å². The van der Waals surface area contributed by atoms with Crippen molar-refractivity contribution in [2.45, 2.75) is 32.9 Å². The van der Waals surface area contributed by atoms with Gasteiger partial charge in [0.15, 0.2) is 11.7 Å². The molecule has 0 saturated heterocycles. The lowest BCUT2D eigenvalue weighted by Gasteiger charge is -2.08. The SMILES string of the molecule is CN=C(NCc1cc(C(C)C)no1)NCc1nc(-c2cccc(Cl)c2)no1.I. The second-order valence-electron chi connectivity index (χ2n) is 6.17. The van der Waals surface area contributed by atoms with Gasteiger partial charge in [-0.05, 0) is 18.1 Å². The highest BCUT2D eigenvalue weighted by Gasteiger charge is 2.11. The third-order valence-electron chi connectivity index (χ3n) is 3.78. The van der Waals surface area contributed by atoms with Crippen molar-refractivity contribution in [3.8, 4) is 11.4 Å². The van der Waals surface area contributed by atoms with E-state index >= 15 is 0 Å². The summed E-state index contributed by atoms with van der Waals surface area (Å²) in [7, 11) is 1.68. The number of benzene rings is 1. The molecule has 3 rings (SSSR count). The molecule has 150 valence electrons. The quantitative estimate of drug-likeness (QED) is 0.290. The van der Waals surface area contributed by atoms with Crippen molar-refractivity contribution in [1.82, 2.24) is 25.9 Å². The Morgan fingerprint density at radius 2 is 1.93 bits per heavy atom. The highest BCUT2D eigenvalue weighted by molar-refractivity contribution is 14.0. The summed E-state index contributed by atoms with van der Waals surface area (Å²) in [5.74, 6) is 2.57. The van der Waals surface area contributed by atoms with Gasteiger partial charge in [-0.25, -0.2) is 0 Å². The summed E-state index contributed by atoms with van der Waals surface area (Å²) in [6, 6.07) is 9.22. The molecule has 2 heterocycles. The summed E-state index contributed by atoms with van der Waals surface area (Å²) >= 11 is 5.99. The molecule has 0 spiro atoms. The van der Waals surface area contributed by atoms with E-state index in [2.05, 4.69) is 44.8 Å². The fraction of sp³-hybridized carbons (Fsp3) is 0.333. The fourth-order valence-electron chi connectivity index (χ4n) is 2.31. The maximum atomic E-state index is 5.99. The van der Waals surface area contributed by atoms with Crippen LogP contribution in [0.15, 0.2) is 44.4 Å². The van der Waals surface area contributed by atoms with Gasteiger partial charge in [0.1, 0.15) is 0 Å². The third-order valence-corrected chi connectivity index (χ3v) is 4.02. The maximum Gasteiger partial charge on any atom is 0.246 e. The molecular weight excluding hydrogens is 495 g/mol. The van der Waals surface area contributed by atoms with Crippen LogP contribution in [-0.2, 0) is 13.1 Å². The summed E-state index contributed by atoms with van der Waals surface area (Å²) in [6.07, 6.45) is 0. The van der Waals surface area contributed by atoms with Crippen LogP contribution in [0.4, 0.5) is 0 Å². The lowest BCUT2D eigenvalue weighted by molar-refractivity contribution is 0.369. The number of rotatable bonds is 6. The summed E-state index contributed by atoms with van der Waals surface area (Å²) < 4.78 is 10.6. The predicted molar refractivity (Wildman–Crippen MR) is 118 cm³/mol. The molecule has 8 nitrogen and oxygen atoms in total. The van der Waals surface area contributed by atoms with Crippen LogP contribution in [-0.4, -0.2) is 28.3 Å². The summed E-state index contributed by atoms with van der Waals surface area (Å²) in [5.41, 5.74) is 1.72. The van der Waals surface area contributed by atoms with Crippen LogP contribution in [0.2, 0.25) is 5.02 Å². The van der Waals surface area contributed by atoms with Gasteiger partial charge in [-0.15, -0.1) is 24.0 Å². The standard InChI is InChI=1S/C18H21ClN6O2.HI/c1-11(2)15-8-14(26-24-15)9-21-18(20-3)22-10-16-23-17(25-27-16)12-5-4-6-13(19)7-12;/h4-8,11H,9-10H2,1-3H3,(H2,20,21,22);1H. The predicted octanol–water partition coefficient (Wildman–Crippen LogP) is 3.98. The Kier molecular flexibility index (Phi) is 8.24. The van der Waals surface area contributed by atoms with Crippen molar-refractivity contribution < 1.29 is 9.05 Å². The van der Waals surface area contributed by atoms with Crippen molar-refractivity contribution in [1.29, 1.82) is 0 Å². The smallest absolute Gasteiger partial charge is 0.246 e. The Morgan fingerprint density at radius 1 is 1.14 bits per heavy atom. The van der Waals surface area contributed by atoms with E-state index in [1.165, 1.54) is 0 Å². The highest BCUT2D eigenvalue weighted by atomic mass is 127. The topological polar surface area (TPSA) is 101 Å². The highest BCUT2D eigenvalue weighted by Crippen LogP contribution is 2.19. The first kappa shape index (κ1) is 22.2. The first-order chi connectivity index (χ1) is 13.0. The van der Waals surface area contributed by atoms with Crippen LogP contribution in [0.1, 0.15) is 37.1 Å². The van der Waals surface area contributed by atoms with Gasteiger partial charge in [-0.3, -0.25) is 4.99 Å². The zero-order valence-corrected chi connectivity index (χ0v) is 18.9. The number of hydrogen-bond donors (Lipinski definition) is 2. The van der Waals surface area contributed by atoms with Crippen molar-refractivity contribution in [3.05, 3.63) is 52.7 Å². The van der Waals surface area contributed by atoms with Gasteiger partial charge in [0.2, 0.25) is 11.7 Å². The minimum Gasteiger partial charge on any atom is -0.359 e. The number of aromatic nitrogens is 3. The minimum absolute atomic E-state index is 0. The van der Waals surface area contributed by atoms with E-state index in [0.717, 1.165) is 17.0 Å². The van der Waals surface area contributed by atoms with Gasteiger partial charge in [0.05, 0.1) is 18.8 Å². The molecule has 0 bridgehead atoms. The van der Waals surface area contributed by atoms with E-state index < -0.39 is 0 Å². The van der Waals surface area contributed by atoms with Gasteiger partial charge < -0.3 is 19.7 Å². The Labute approximate surface area is 185 Å². The molecular formula is C18H22ClIN6O2. The molecule has 0 unspecified atom stereocenters. The van der Waals surface area contributed by atoms with E-state index in [1.54, 1.807) is 19.2 Å². The van der Waals surface area contributed by atoms with Crippen molar-refractivity contribution in [3.63, 3.8) is 0 Å². The molecule has 0 saturated carbocycles. The number of halogens is 2. The Balaban J connectivity index is 0.00000280. The molecule has 10 heteroatoms. The van der Waals surface area contributed by atoms with E-state index in [0.29, 0.717) is 41.7 Å². The molecule has 0 aliphatic heterocycles. The number of aliphatic imine (C=N–C) groups is 1. The molecule has 0 fully saturated rings. The lowest BCUT2D eigenvalue weighted by atomic mass is 10.1. The van der Waals surface area contributed by atoms with Gasteiger partial charge in [-0.1, -0.05) is 47.9 Å². The zero-order valence-electron chi connectivity index (χ0n) is 15.8. The zero-order chi connectivity index (χ0) is 19.2. The average molecular weight is 517 g/mol. The van der Waals surface area contributed by atoms with E-state index in [1.807, 2.05) is 18.2 Å². The van der Waals surface area contributed by atoms with Crippen LogP contribution in [0, 0.1) is 0 Å². The molecule has 28 heavy (non-hydrogen) atoms.